The maximum absolute atomic E-state index is 12.4. The third kappa shape index (κ3) is 4.42. The van der Waals surface area contributed by atoms with E-state index in [1.54, 1.807) is 4.90 Å². The molecule has 1 heterocycles. The van der Waals surface area contributed by atoms with E-state index >= 15 is 0 Å². The lowest BCUT2D eigenvalue weighted by Crippen LogP contribution is -2.49. The number of carbonyl (C=O) groups excluding carboxylic acids is 2. The number of amides is 1. The summed E-state index contributed by atoms with van der Waals surface area (Å²) in [4.78, 5) is 26.4. The average molecular weight is 382 g/mol. The summed E-state index contributed by atoms with van der Waals surface area (Å²) in [5, 5.41) is 0. The topological polar surface area (TPSA) is 84.0 Å². The minimum atomic E-state index is -3.65. The highest BCUT2D eigenvalue weighted by atomic mass is 32.2. The molecule has 1 aromatic carbocycles. The summed E-state index contributed by atoms with van der Waals surface area (Å²) in [7, 11) is -0.812. The highest BCUT2D eigenvalue weighted by Gasteiger charge is 2.29. The highest BCUT2D eigenvalue weighted by Crippen LogP contribution is 2.22. The van der Waals surface area contributed by atoms with Crippen molar-refractivity contribution in [3.8, 4) is 0 Å². The molecule has 0 saturated carbocycles. The van der Waals surface area contributed by atoms with Crippen LogP contribution in [0.4, 0.5) is 0 Å². The van der Waals surface area contributed by atoms with Gasteiger partial charge in [0, 0.05) is 26.2 Å². The summed E-state index contributed by atoms with van der Waals surface area (Å²) in [6.07, 6.45) is 2.96. The molecule has 0 unspecified atom stereocenters. The van der Waals surface area contributed by atoms with E-state index in [-0.39, 0.29) is 35.1 Å². The van der Waals surface area contributed by atoms with Crippen LogP contribution in [0.1, 0.15) is 43.5 Å². The van der Waals surface area contributed by atoms with Gasteiger partial charge >= 0.3 is 5.97 Å². The monoisotopic (exact) mass is 382 g/mol. The van der Waals surface area contributed by atoms with Crippen LogP contribution in [0, 0.1) is 0 Å². The second-order valence-corrected chi connectivity index (χ2v) is 8.97. The molecule has 7 nitrogen and oxygen atoms in total. The van der Waals surface area contributed by atoms with Crippen molar-refractivity contribution < 1.29 is 22.7 Å². The fourth-order valence-corrected chi connectivity index (χ4v) is 4.14. The number of nitrogens with zero attached hydrogens (tertiary/aromatic N) is 2. The molecule has 1 aliphatic rings. The first-order valence-electron chi connectivity index (χ1n) is 8.65. The van der Waals surface area contributed by atoms with Gasteiger partial charge < -0.3 is 9.64 Å². The molecule has 0 aromatic heterocycles. The summed E-state index contributed by atoms with van der Waals surface area (Å²) in [5.74, 6) is -0.943. The summed E-state index contributed by atoms with van der Waals surface area (Å²) >= 11 is 0. The molecular weight excluding hydrogens is 356 g/mol. The van der Waals surface area contributed by atoms with Crippen molar-refractivity contribution in [1.29, 1.82) is 0 Å². The van der Waals surface area contributed by atoms with E-state index in [0.717, 1.165) is 23.6 Å². The van der Waals surface area contributed by atoms with Crippen LogP contribution in [0.15, 0.2) is 29.2 Å². The summed E-state index contributed by atoms with van der Waals surface area (Å²) in [6, 6.07) is 5.86. The minimum absolute atomic E-state index is 0.00144. The molecule has 0 bridgehead atoms. The number of esters is 1. The van der Waals surface area contributed by atoms with Crippen LogP contribution in [0.25, 0.3) is 0 Å². The van der Waals surface area contributed by atoms with E-state index < -0.39 is 16.0 Å². The lowest BCUT2D eigenvalue weighted by Gasteiger charge is -2.38. The molecule has 1 amide bonds. The summed E-state index contributed by atoms with van der Waals surface area (Å²) in [5.41, 5.74) is 0.0977. The molecule has 144 valence electrons. The summed E-state index contributed by atoms with van der Waals surface area (Å²) < 4.78 is 30.5. The number of hydrogen-bond donors (Lipinski definition) is 0. The zero-order valence-corrected chi connectivity index (χ0v) is 16.5. The number of carbonyl (C=O) groups is 2. The molecule has 8 heteroatoms. The van der Waals surface area contributed by atoms with Crippen molar-refractivity contribution in [2.75, 3.05) is 20.7 Å². The fourth-order valence-electron chi connectivity index (χ4n) is 3.19. The van der Waals surface area contributed by atoms with E-state index in [4.69, 9.17) is 4.74 Å². The van der Waals surface area contributed by atoms with Gasteiger partial charge in [-0.3, -0.25) is 4.79 Å². The Labute approximate surface area is 155 Å². The predicted molar refractivity (Wildman–Crippen MR) is 97.2 cm³/mol. The standard InChI is InChI=1S/C18H26N2O5S/c1-13-7-5-8-14(2)20(13)17(21)12-25-18(22)15-9-6-10-16(11-15)26(23,24)19(3)4/h6,9-11,13-14H,5,7-8,12H2,1-4H3/t13-,14+. The first-order valence-corrected chi connectivity index (χ1v) is 10.1. The number of ether oxygens (including phenoxy) is 1. The van der Waals surface area contributed by atoms with E-state index in [1.165, 1.54) is 38.4 Å². The summed E-state index contributed by atoms with van der Waals surface area (Å²) in [6.45, 7) is 3.63. The average Bonchev–Trinajstić information content (AvgIpc) is 2.59. The van der Waals surface area contributed by atoms with Gasteiger partial charge in [-0.2, -0.15) is 0 Å². The number of rotatable bonds is 5. The van der Waals surface area contributed by atoms with Crippen LogP contribution in [0.3, 0.4) is 0 Å². The van der Waals surface area contributed by atoms with E-state index in [9.17, 15) is 18.0 Å². The molecule has 0 radical (unpaired) electrons. The smallest absolute Gasteiger partial charge is 0.338 e. The molecule has 2 atom stereocenters. The van der Waals surface area contributed by atoms with Crippen molar-refractivity contribution in [3.05, 3.63) is 29.8 Å². The maximum Gasteiger partial charge on any atom is 0.338 e. The SMILES string of the molecule is C[C@@H]1CCC[C@H](C)N1C(=O)COC(=O)c1cccc(S(=O)(=O)N(C)C)c1. The predicted octanol–water partition coefficient (Wildman–Crippen LogP) is 1.88. The van der Waals surface area contributed by atoms with Crippen LogP contribution in [0.2, 0.25) is 0 Å². The fraction of sp³-hybridized carbons (Fsp3) is 0.556. The van der Waals surface area contributed by atoms with Crippen molar-refractivity contribution in [2.45, 2.75) is 50.1 Å². The Morgan fingerprint density at radius 1 is 1.19 bits per heavy atom. The Hall–Kier alpha value is -1.93. The van der Waals surface area contributed by atoms with Crippen LogP contribution in [0.5, 0.6) is 0 Å². The normalized spacial score (nSPS) is 20.9. The van der Waals surface area contributed by atoms with Crippen LogP contribution < -0.4 is 0 Å². The molecule has 0 spiro atoms. The number of likely N-dealkylation sites (tertiary alicyclic amines) is 1. The molecule has 1 saturated heterocycles. The lowest BCUT2D eigenvalue weighted by atomic mass is 9.97. The van der Waals surface area contributed by atoms with Gasteiger partial charge in [-0.15, -0.1) is 0 Å². The molecule has 1 aliphatic heterocycles. The third-order valence-corrected chi connectivity index (χ3v) is 6.47. The minimum Gasteiger partial charge on any atom is -0.452 e. The largest absolute Gasteiger partial charge is 0.452 e. The zero-order valence-electron chi connectivity index (χ0n) is 15.6. The Bertz CT molecular complexity index is 766. The number of benzene rings is 1. The lowest BCUT2D eigenvalue weighted by molar-refractivity contribution is -0.140. The van der Waals surface area contributed by atoms with Gasteiger partial charge in [0.1, 0.15) is 0 Å². The van der Waals surface area contributed by atoms with Crippen LogP contribution in [-0.2, 0) is 19.6 Å². The van der Waals surface area contributed by atoms with Gasteiger partial charge in [-0.1, -0.05) is 6.07 Å². The molecule has 2 rings (SSSR count). The van der Waals surface area contributed by atoms with Crippen molar-refractivity contribution >= 4 is 21.9 Å². The zero-order chi connectivity index (χ0) is 19.5. The van der Waals surface area contributed by atoms with Gasteiger partial charge in [0.25, 0.3) is 5.91 Å². The van der Waals surface area contributed by atoms with Crippen molar-refractivity contribution in [1.82, 2.24) is 9.21 Å². The van der Waals surface area contributed by atoms with Gasteiger partial charge in [0.15, 0.2) is 6.61 Å². The van der Waals surface area contributed by atoms with Gasteiger partial charge in [-0.25, -0.2) is 17.5 Å². The van der Waals surface area contributed by atoms with Gasteiger partial charge in [-0.05, 0) is 51.3 Å². The van der Waals surface area contributed by atoms with Gasteiger partial charge in [0.05, 0.1) is 10.5 Å². The first kappa shape index (κ1) is 20.4. The number of piperidine rings is 1. The molecule has 1 fully saturated rings. The number of sulfonamides is 1. The van der Waals surface area contributed by atoms with Crippen LogP contribution in [-0.4, -0.2) is 62.3 Å². The molecule has 1 aromatic rings. The molecule has 26 heavy (non-hydrogen) atoms. The van der Waals surface area contributed by atoms with E-state index in [1.807, 2.05) is 13.8 Å². The van der Waals surface area contributed by atoms with Crippen molar-refractivity contribution in [2.24, 2.45) is 0 Å². The second-order valence-electron chi connectivity index (χ2n) is 6.82. The maximum atomic E-state index is 12.4. The quantitative estimate of drug-likeness (QED) is 0.726. The highest BCUT2D eigenvalue weighted by molar-refractivity contribution is 7.89. The Kier molecular flexibility index (Phi) is 6.41. The first-order chi connectivity index (χ1) is 12.1. The Balaban J connectivity index is 2.05. The molecular formula is C18H26N2O5S. The Morgan fingerprint density at radius 2 is 1.81 bits per heavy atom. The van der Waals surface area contributed by atoms with E-state index in [0.29, 0.717) is 0 Å². The molecule has 0 aliphatic carbocycles. The third-order valence-electron chi connectivity index (χ3n) is 4.66. The number of hydrogen-bond acceptors (Lipinski definition) is 5. The van der Waals surface area contributed by atoms with Crippen LogP contribution >= 0.6 is 0 Å². The second kappa shape index (κ2) is 8.18. The van der Waals surface area contributed by atoms with Crippen molar-refractivity contribution in [3.63, 3.8) is 0 Å². The Morgan fingerprint density at radius 3 is 2.38 bits per heavy atom. The van der Waals surface area contributed by atoms with E-state index in [2.05, 4.69) is 0 Å². The molecule has 0 N–H and O–H groups in total. The van der Waals surface area contributed by atoms with Gasteiger partial charge in [0.2, 0.25) is 10.0 Å².